The Kier molecular flexibility index (Phi) is 2.17. The average molecular weight is 222 g/mol. The first-order chi connectivity index (χ1) is 7.25. The van der Waals surface area contributed by atoms with Crippen LogP contribution in [0.4, 0.5) is 0 Å². The Labute approximate surface area is 95.9 Å². The molecule has 1 nitrogen and oxygen atoms in total. The van der Waals surface area contributed by atoms with E-state index < -0.39 is 0 Å². The molecule has 0 spiro atoms. The summed E-state index contributed by atoms with van der Waals surface area (Å²) >= 11 is 6.11. The predicted molar refractivity (Wildman–Crippen MR) is 63.6 cm³/mol. The van der Waals surface area contributed by atoms with E-state index in [9.17, 15) is 0 Å². The first-order valence-corrected chi connectivity index (χ1v) is 6.18. The lowest BCUT2D eigenvalue weighted by atomic mass is 9.84. The fourth-order valence-corrected chi connectivity index (χ4v) is 3.41. The van der Waals surface area contributed by atoms with Crippen LogP contribution >= 0.6 is 11.6 Å². The molecule has 0 bridgehead atoms. The van der Waals surface area contributed by atoms with Crippen molar-refractivity contribution in [3.8, 4) is 0 Å². The van der Waals surface area contributed by atoms with Gasteiger partial charge in [-0.3, -0.25) is 0 Å². The lowest BCUT2D eigenvalue weighted by Gasteiger charge is -2.20. The summed E-state index contributed by atoms with van der Waals surface area (Å²) in [6, 6.07) is 0. The fourth-order valence-electron chi connectivity index (χ4n) is 3.22. The number of hydrogen-bond acceptors (Lipinski definition) is 1. The molecule has 2 unspecified atom stereocenters. The number of rotatable bonds is 0. The van der Waals surface area contributed by atoms with E-state index in [0.717, 1.165) is 23.5 Å². The van der Waals surface area contributed by atoms with Crippen LogP contribution in [0.2, 0.25) is 0 Å². The van der Waals surface area contributed by atoms with E-state index in [-0.39, 0.29) is 0 Å². The predicted octanol–water partition coefficient (Wildman–Crippen LogP) is 3.34. The summed E-state index contributed by atoms with van der Waals surface area (Å²) in [6.45, 7) is 3.29. The van der Waals surface area contributed by atoms with Gasteiger partial charge in [0.05, 0.1) is 0 Å². The Hall–Kier alpha value is -0.690. The van der Waals surface area contributed by atoms with E-state index in [1.54, 1.807) is 11.1 Å². The highest BCUT2D eigenvalue weighted by Gasteiger charge is 2.34. The third kappa shape index (κ3) is 1.45. The standard InChI is InChI=1S/C13H16ClN/c1-8-5-9-3-2-4-10-6-12(14)15-7-11(8)13(9)10/h4,6,8-9,15H,2-3,5,7H2,1H3. The second-order valence-electron chi connectivity index (χ2n) is 4.86. The van der Waals surface area contributed by atoms with Crippen molar-refractivity contribution in [3.05, 3.63) is 34.0 Å². The number of allylic oxidation sites excluding steroid dienone is 4. The summed E-state index contributed by atoms with van der Waals surface area (Å²) in [7, 11) is 0. The van der Waals surface area contributed by atoms with Crippen molar-refractivity contribution in [1.82, 2.24) is 5.32 Å². The molecule has 80 valence electrons. The Morgan fingerprint density at radius 3 is 3.20 bits per heavy atom. The van der Waals surface area contributed by atoms with Gasteiger partial charge >= 0.3 is 0 Å². The zero-order chi connectivity index (χ0) is 10.4. The maximum atomic E-state index is 6.11. The van der Waals surface area contributed by atoms with Crippen LogP contribution in [0.5, 0.6) is 0 Å². The second-order valence-corrected chi connectivity index (χ2v) is 5.26. The second kappa shape index (κ2) is 3.41. The van der Waals surface area contributed by atoms with Gasteiger partial charge in [-0.25, -0.2) is 0 Å². The molecule has 3 rings (SSSR count). The fraction of sp³-hybridized carbons (Fsp3) is 0.538. The van der Waals surface area contributed by atoms with E-state index >= 15 is 0 Å². The quantitative estimate of drug-likeness (QED) is 0.619. The molecule has 0 aromatic carbocycles. The summed E-state index contributed by atoms with van der Waals surface area (Å²) in [4.78, 5) is 0. The van der Waals surface area contributed by atoms with E-state index in [0.29, 0.717) is 0 Å². The van der Waals surface area contributed by atoms with Gasteiger partial charge in [0.15, 0.2) is 0 Å². The Balaban J connectivity index is 2.11. The molecule has 2 atom stereocenters. The van der Waals surface area contributed by atoms with Crippen LogP contribution in [0.25, 0.3) is 0 Å². The first kappa shape index (κ1) is 9.53. The molecule has 1 N–H and O–H groups in total. The van der Waals surface area contributed by atoms with Crippen LogP contribution in [0.15, 0.2) is 34.0 Å². The first-order valence-electron chi connectivity index (χ1n) is 5.80. The van der Waals surface area contributed by atoms with Crippen LogP contribution in [-0.2, 0) is 0 Å². The minimum Gasteiger partial charge on any atom is -0.372 e. The molecule has 3 aliphatic rings. The number of nitrogens with one attached hydrogen (secondary N) is 1. The van der Waals surface area contributed by atoms with E-state index in [1.165, 1.54) is 24.8 Å². The monoisotopic (exact) mass is 221 g/mol. The van der Waals surface area contributed by atoms with Gasteiger partial charge in [-0.1, -0.05) is 24.6 Å². The van der Waals surface area contributed by atoms with Crippen molar-refractivity contribution in [2.24, 2.45) is 11.8 Å². The van der Waals surface area contributed by atoms with Crippen LogP contribution < -0.4 is 5.32 Å². The minimum absolute atomic E-state index is 0.731. The van der Waals surface area contributed by atoms with Crippen molar-refractivity contribution in [2.45, 2.75) is 26.2 Å². The van der Waals surface area contributed by atoms with Gasteiger partial charge in [-0.05, 0) is 53.9 Å². The number of halogens is 1. The van der Waals surface area contributed by atoms with Crippen LogP contribution in [0.1, 0.15) is 26.2 Å². The molecule has 0 saturated heterocycles. The largest absolute Gasteiger partial charge is 0.372 e. The summed E-state index contributed by atoms with van der Waals surface area (Å²) in [5.41, 5.74) is 4.59. The Morgan fingerprint density at radius 1 is 1.47 bits per heavy atom. The summed E-state index contributed by atoms with van der Waals surface area (Å²) in [5.74, 6) is 1.53. The molecule has 1 heterocycles. The maximum Gasteiger partial charge on any atom is 0.103 e. The molecule has 0 saturated carbocycles. The minimum atomic E-state index is 0.731. The van der Waals surface area contributed by atoms with Crippen molar-refractivity contribution < 1.29 is 0 Å². The molecular weight excluding hydrogens is 206 g/mol. The van der Waals surface area contributed by atoms with Gasteiger partial charge in [-0.2, -0.15) is 0 Å². The van der Waals surface area contributed by atoms with Gasteiger partial charge < -0.3 is 5.32 Å². The molecule has 2 heteroatoms. The molecule has 0 fully saturated rings. The zero-order valence-electron chi connectivity index (χ0n) is 9.02. The lowest BCUT2D eigenvalue weighted by molar-refractivity contribution is 0.493. The summed E-state index contributed by atoms with van der Waals surface area (Å²) in [6.07, 6.45) is 8.34. The average Bonchev–Trinajstić information content (AvgIpc) is 2.40. The molecule has 0 aromatic heterocycles. The summed E-state index contributed by atoms with van der Waals surface area (Å²) < 4.78 is 0. The third-order valence-electron chi connectivity index (χ3n) is 3.91. The smallest absolute Gasteiger partial charge is 0.103 e. The highest BCUT2D eigenvalue weighted by Crippen LogP contribution is 2.46. The van der Waals surface area contributed by atoms with Crippen LogP contribution in [0, 0.1) is 11.8 Å². The van der Waals surface area contributed by atoms with Gasteiger partial charge in [0.2, 0.25) is 0 Å². The lowest BCUT2D eigenvalue weighted by Crippen LogP contribution is -2.14. The Bertz CT molecular complexity index is 389. The van der Waals surface area contributed by atoms with Gasteiger partial charge in [0.25, 0.3) is 0 Å². The van der Waals surface area contributed by atoms with Crippen molar-refractivity contribution in [1.29, 1.82) is 0 Å². The highest BCUT2D eigenvalue weighted by atomic mass is 35.5. The summed E-state index contributed by atoms with van der Waals surface area (Å²) in [5, 5.41) is 4.08. The van der Waals surface area contributed by atoms with Crippen LogP contribution in [0.3, 0.4) is 0 Å². The third-order valence-corrected chi connectivity index (χ3v) is 4.15. The van der Waals surface area contributed by atoms with E-state index in [1.807, 2.05) is 0 Å². The molecule has 1 aliphatic heterocycles. The van der Waals surface area contributed by atoms with Crippen LogP contribution in [-0.4, -0.2) is 6.54 Å². The van der Waals surface area contributed by atoms with E-state index in [4.69, 9.17) is 11.6 Å². The van der Waals surface area contributed by atoms with E-state index in [2.05, 4.69) is 24.4 Å². The highest BCUT2D eigenvalue weighted by molar-refractivity contribution is 6.29. The molecular formula is C13H16ClN. The Morgan fingerprint density at radius 2 is 2.33 bits per heavy atom. The molecule has 15 heavy (non-hydrogen) atoms. The zero-order valence-corrected chi connectivity index (χ0v) is 9.77. The topological polar surface area (TPSA) is 12.0 Å². The SMILES string of the molecule is CC1CC2CCC=C3C=C(Cl)NCC1=C32. The van der Waals surface area contributed by atoms with Crippen molar-refractivity contribution in [2.75, 3.05) is 6.54 Å². The molecule has 0 amide bonds. The van der Waals surface area contributed by atoms with Gasteiger partial charge in [0.1, 0.15) is 5.16 Å². The normalized spacial score (nSPS) is 34.0. The van der Waals surface area contributed by atoms with Crippen molar-refractivity contribution >= 4 is 11.6 Å². The molecule has 0 radical (unpaired) electrons. The molecule has 2 aliphatic carbocycles. The molecule has 0 aromatic rings. The number of hydrogen-bond donors (Lipinski definition) is 1. The van der Waals surface area contributed by atoms with Crippen molar-refractivity contribution in [3.63, 3.8) is 0 Å². The van der Waals surface area contributed by atoms with Gasteiger partial charge in [0, 0.05) is 6.54 Å². The van der Waals surface area contributed by atoms with Gasteiger partial charge in [-0.15, -0.1) is 0 Å². The maximum absolute atomic E-state index is 6.11.